The average Bonchev–Trinajstić information content (AvgIpc) is 2.06. The van der Waals surface area contributed by atoms with Gasteiger partial charge in [0.1, 0.15) is 0 Å². The van der Waals surface area contributed by atoms with Crippen molar-refractivity contribution in [1.82, 2.24) is 0 Å². The summed E-state index contributed by atoms with van der Waals surface area (Å²) in [5.41, 5.74) is 2.36. The predicted octanol–water partition coefficient (Wildman–Crippen LogP) is 3.78. The molecular weight excluding hydrogens is 156 g/mol. The molecule has 0 aliphatic heterocycles. The number of aryl methyl sites for hydroxylation is 1. The van der Waals surface area contributed by atoms with Gasteiger partial charge < -0.3 is 0 Å². The second-order valence-electron chi connectivity index (χ2n) is 2.95. The van der Waals surface area contributed by atoms with E-state index in [2.05, 4.69) is 44.7 Å². The molecule has 0 heterocycles. The van der Waals surface area contributed by atoms with Crippen LogP contribution in [-0.4, -0.2) is 0 Å². The van der Waals surface area contributed by atoms with Crippen LogP contribution in [-0.2, 0) is 0 Å². The summed E-state index contributed by atoms with van der Waals surface area (Å²) in [7, 11) is 0. The Bertz CT molecular complexity index is 286. The van der Waals surface area contributed by atoms with Gasteiger partial charge in [0, 0.05) is 5.56 Å². The van der Waals surface area contributed by atoms with Gasteiger partial charge >= 0.3 is 0 Å². The summed E-state index contributed by atoms with van der Waals surface area (Å²) in [6.45, 7) is 8.17. The second kappa shape index (κ2) is 7.43. The number of hydrogen-bond donors (Lipinski definition) is 0. The van der Waals surface area contributed by atoms with Gasteiger partial charge in [-0.25, -0.2) is 0 Å². The van der Waals surface area contributed by atoms with Gasteiger partial charge in [-0.1, -0.05) is 38.3 Å². The van der Waals surface area contributed by atoms with Crippen molar-refractivity contribution in [3.8, 4) is 11.8 Å². The first-order chi connectivity index (χ1) is 6.24. The van der Waals surface area contributed by atoms with Crippen LogP contribution in [0.15, 0.2) is 24.3 Å². The summed E-state index contributed by atoms with van der Waals surface area (Å²) < 4.78 is 0. The Morgan fingerprint density at radius 2 is 1.85 bits per heavy atom. The lowest BCUT2D eigenvalue weighted by molar-refractivity contribution is 1.09. The molecule has 70 valence electrons. The van der Waals surface area contributed by atoms with Gasteiger partial charge in [-0.3, -0.25) is 0 Å². The SMILES string of the molecule is CC#Cc1cccc(C)c1.CCC. The van der Waals surface area contributed by atoms with E-state index in [0.29, 0.717) is 0 Å². The van der Waals surface area contributed by atoms with Crippen LogP contribution in [0.3, 0.4) is 0 Å². The van der Waals surface area contributed by atoms with Gasteiger partial charge in [0.15, 0.2) is 0 Å². The standard InChI is InChI=1S/C10H10.C3H8/c1-3-5-10-7-4-6-9(2)8-10;1-3-2/h4,6-8H,1-2H3;3H2,1-2H3. The van der Waals surface area contributed by atoms with E-state index in [1.54, 1.807) is 0 Å². The summed E-state index contributed by atoms with van der Waals surface area (Å²) >= 11 is 0. The van der Waals surface area contributed by atoms with Gasteiger partial charge in [-0.2, -0.15) is 0 Å². The van der Waals surface area contributed by atoms with E-state index in [4.69, 9.17) is 0 Å². The zero-order chi connectivity index (χ0) is 10.1. The largest absolute Gasteiger partial charge is 0.101 e. The molecule has 13 heavy (non-hydrogen) atoms. The highest BCUT2D eigenvalue weighted by Crippen LogP contribution is 2.01. The minimum absolute atomic E-state index is 1.10. The molecule has 0 aromatic heterocycles. The lowest BCUT2D eigenvalue weighted by Crippen LogP contribution is -1.74. The van der Waals surface area contributed by atoms with Crippen LogP contribution in [0.2, 0.25) is 0 Å². The smallest absolute Gasteiger partial charge is 0.0247 e. The maximum Gasteiger partial charge on any atom is 0.0247 e. The Hall–Kier alpha value is -1.22. The highest BCUT2D eigenvalue weighted by Gasteiger charge is 1.84. The van der Waals surface area contributed by atoms with E-state index < -0.39 is 0 Å². The fourth-order valence-electron chi connectivity index (χ4n) is 0.867. The molecule has 0 nitrogen and oxygen atoms in total. The molecule has 1 rings (SSSR count). The fraction of sp³-hybridized carbons (Fsp3) is 0.385. The number of benzene rings is 1. The van der Waals surface area contributed by atoms with Gasteiger partial charge in [0.2, 0.25) is 0 Å². The maximum absolute atomic E-state index is 3.00. The van der Waals surface area contributed by atoms with Crippen molar-refractivity contribution >= 4 is 0 Å². The minimum Gasteiger partial charge on any atom is -0.101 e. The third-order valence-electron chi connectivity index (χ3n) is 1.29. The van der Waals surface area contributed by atoms with Crippen molar-refractivity contribution in [2.45, 2.75) is 34.1 Å². The molecule has 0 aliphatic carbocycles. The van der Waals surface area contributed by atoms with Crippen LogP contribution in [0.4, 0.5) is 0 Å². The lowest BCUT2D eigenvalue weighted by Gasteiger charge is -1.90. The molecule has 0 saturated carbocycles. The topological polar surface area (TPSA) is 0 Å². The monoisotopic (exact) mass is 174 g/mol. The van der Waals surface area contributed by atoms with Crippen molar-refractivity contribution in [3.05, 3.63) is 35.4 Å². The van der Waals surface area contributed by atoms with Crippen LogP contribution in [0.25, 0.3) is 0 Å². The molecule has 0 atom stereocenters. The average molecular weight is 174 g/mol. The van der Waals surface area contributed by atoms with Crippen LogP contribution in [0, 0.1) is 18.8 Å². The van der Waals surface area contributed by atoms with E-state index in [-0.39, 0.29) is 0 Å². The molecule has 0 spiro atoms. The number of hydrogen-bond acceptors (Lipinski definition) is 0. The molecule has 0 unspecified atom stereocenters. The summed E-state index contributed by atoms with van der Waals surface area (Å²) in [6.07, 6.45) is 1.25. The molecule has 0 bridgehead atoms. The van der Waals surface area contributed by atoms with Crippen molar-refractivity contribution in [1.29, 1.82) is 0 Å². The summed E-state index contributed by atoms with van der Waals surface area (Å²) in [6, 6.07) is 8.19. The second-order valence-corrected chi connectivity index (χ2v) is 2.95. The number of rotatable bonds is 0. The first-order valence-electron chi connectivity index (χ1n) is 4.74. The molecule has 0 heteroatoms. The minimum atomic E-state index is 1.10. The van der Waals surface area contributed by atoms with Crippen LogP contribution >= 0.6 is 0 Å². The predicted molar refractivity (Wildman–Crippen MR) is 59.7 cm³/mol. The molecule has 0 saturated heterocycles. The molecule has 0 fully saturated rings. The molecule has 0 aliphatic rings. The quantitative estimate of drug-likeness (QED) is 0.525. The third-order valence-corrected chi connectivity index (χ3v) is 1.29. The van der Waals surface area contributed by atoms with Crippen molar-refractivity contribution in [3.63, 3.8) is 0 Å². The zero-order valence-electron chi connectivity index (χ0n) is 9.02. The normalized spacial score (nSPS) is 7.69. The third kappa shape index (κ3) is 5.99. The van der Waals surface area contributed by atoms with Crippen LogP contribution < -0.4 is 0 Å². The highest BCUT2D eigenvalue weighted by molar-refractivity contribution is 5.36. The Balaban J connectivity index is 0.000000424. The molecule has 0 radical (unpaired) electrons. The summed E-state index contributed by atoms with van der Waals surface area (Å²) in [4.78, 5) is 0. The molecule has 0 amide bonds. The molecule has 1 aromatic carbocycles. The first-order valence-corrected chi connectivity index (χ1v) is 4.74. The van der Waals surface area contributed by atoms with E-state index >= 15 is 0 Å². The van der Waals surface area contributed by atoms with Gasteiger partial charge in [-0.15, -0.1) is 5.92 Å². The van der Waals surface area contributed by atoms with Crippen molar-refractivity contribution in [2.24, 2.45) is 0 Å². The Labute approximate surface area is 82.0 Å². The van der Waals surface area contributed by atoms with Gasteiger partial charge in [-0.05, 0) is 31.5 Å². The Morgan fingerprint density at radius 1 is 1.23 bits per heavy atom. The van der Waals surface area contributed by atoms with E-state index in [9.17, 15) is 0 Å². The van der Waals surface area contributed by atoms with Gasteiger partial charge in [0.05, 0.1) is 0 Å². The lowest BCUT2D eigenvalue weighted by atomic mass is 10.1. The zero-order valence-corrected chi connectivity index (χ0v) is 9.02. The highest BCUT2D eigenvalue weighted by atomic mass is 13.9. The Morgan fingerprint density at radius 3 is 2.31 bits per heavy atom. The summed E-state index contributed by atoms with van der Waals surface area (Å²) in [5.74, 6) is 5.86. The van der Waals surface area contributed by atoms with E-state index in [0.717, 1.165) is 5.56 Å². The summed E-state index contributed by atoms with van der Waals surface area (Å²) in [5, 5.41) is 0. The Kier molecular flexibility index (Phi) is 6.73. The molecular formula is C13H18. The van der Waals surface area contributed by atoms with Crippen LogP contribution in [0.1, 0.15) is 38.3 Å². The van der Waals surface area contributed by atoms with E-state index in [1.807, 2.05) is 19.1 Å². The fourth-order valence-corrected chi connectivity index (χ4v) is 0.867. The van der Waals surface area contributed by atoms with Crippen LogP contribution in [0.5, 0.6) is 0 Å². The van der Waals surface area contributed by atoms with Gasteiger partial charge in [0.25, 0.3) is 0 Å². The van der Waals surface area contributed by atoms with Crippen molar-refractivity contribution in [2.75, 3.05) is 0 Å². The maximum atomic E-state index is 3.00. The first kappa shape index (κ1) is 11.8. The molecule has 1 aromatic rings. The van der Waals surface area contributed by atoms with E-state index in [1.165, 1.54) is 12.0 Å². The molecule has 0 N–H and O–H groups in total. The van der Waals surface area contributed by atoms with Crippen molar-refractivity contribution < 1.29 is 0 Å².